The normalized spacial score (nSPS) is 13.4. The number of hydrogen-bond acceptors (Lipinski definition) is 4. The van der Waals surface area contributed by atoms with Crippen LogP contribution in [0.4, 0.5) is 11.4 Å². The molecule has 0 aliphatic carbocycles. The van der Waals surface area contributed by atoms with Crippen LogP contribution in [0.15, 0.2) is 23.1 Å². The molecule has 0 saturated carbocycles. The van der Waals surface area contributed by atoms with Gasteiger partial charge in [-0.3, -0.25) is 0 Å². The Kier molecular flexibility index (Phi) is 5.83. The molecule has 4 N–H and O–H groups in total. The number of nitrogen functional groups attached to an aromatic ring is 1. The number of sulfonamides is 1. The molecule has 0 bridgehead atoms. The molecule has 0 amide bonds. The Labute approximate surface area is 122 Å². The standard InChI is InChI=1S/C14H25N3O2S/c1-10(2)5-6-11(3)17-12-7-8-14(13(15)9-12)20(18,19)16-4/h7-11,16-17H,5-6,15H2,1-4H3. The van der Waals surface area contributed by atoms with Crippen molar-refractivity contribution < 1.29 is 8.42 Å². The van der Waals surface area contributed by atoms with Crippen LogP contribution < -0.4 is 15.8 Å². The second-order valence-corrected chi connectivity index (χ2v) is 7.33. The van der Waals surface area contributed by atoms with Crippen LogP contribution in [0.5, 0.6) is 0 Å². The maximum atomic E-state index is 11.7. The van der Waals surface area contributed by atoms with Crippen molar-refractivity contribution in [1.82, 2.24) is 4.72 Å². The van der Waals surface area contributed by atoms with Gasteiger partial charge >= 0.3 is 0 Å². The van der Waals surface area contributed by atoms with E-state index in [-0.39, 0.29) is 10.6 Å². The molecular weight excluding hydrogens is 274 g/mol. The molecule has 0 spiro atoms. The Morgan fingerprint density at radius 2 is 1.85 bits per heavy atom. The van der Waals surface area contributed by atoms with E-state index in [0.29, 0.717) is 12.0 Å². The molecule has 1 rings (SSSR count). The largest absolute Gasteiger partial charge is 0.398 e. The molecule has 20 heavy (non-hydrogen) atoms. The molecule has 0 fully saturated rings. The molecule has 1 aromatic rings. The molecule has 0 radical (unpaired) electrons. The fourth-order valence-electron chi connectivity index (χ4n) is 1.93. The molecule has 1 unspecified atom stereocenters. The molecule has 1 aromatic carbocycles. The lowest BCUT2D eigenvalue weighted by Crippen LogP contribution is -2.20. The van der Waals surface area contributed by atoms with Crippen LogP contribution in [0.1, 0.15) is 33.6 Å². The molecule has 0 aromatic heterocycles. The topological polar surface area (TPSA) is 84.2 Å². The van der Waals surface area contributed by atoms with Crippen molar-refractivity contribution in [2.75, 3.05) is 18.1 Å². The van der Waals surface area contributed by atoms with E-state index in [1.54, 1.807) is 12.1 Å². The monoisotopic (exact) mass is 299 g/mol. The number of rotatable bonds is 7. The van der Waals surface area contributed by atoms with Crippen LogP contribution in [0.25, 0.3) is 0 Å². The fraction of sp³-hybridized carbons (Fsp3) is 0.571. The van der Waals surface area contributed by atoms with Gasteiger partial charge in [-0.1, -0.05) is 13.8 Å². The molecule has 114 valence electrons. The van der Waals surface area contributed by atoms with Gasteiger partial charge in [0.25, 0.3) is 0 Å². The van der Waals surface area contributed by atoms with Crippen LogP contribution in [0.3, 0.4) is 0 Å². The molecule has 0 saturated heterocycles. The zero-order valence-corrected chi connectivity index (χ0v) is 13.4. The summed E-state index contributed by atoms with van der Waals surface area (Å²) in [6.07, 6.45) is 2.21. The van der Waals surface area contributed by atoms with Gasteiger partial charge in [-0.05, 0) is 50.9 Å². The zero-order chi connectivity index (χ0) is 15.3. The first-order valence-corrected chi connectivity index (χ1v) is 8.34. The molecule has 1 atom stereocenters. The summed E-state index contributed by atoms with van der Waals surface area (Å²) in [6, 6.07) is 5.25. The second-order valence-electron chi connectivity index (χ2n) is 5.48. The van der Waals surface area contributed by atoms with Crippen molar-refractivity contribution in [3.63, 3.8) is 0 Å². The predicted molar refractivity (Wildman–Crippen MR) is 84.3 cm³/mol. The maximum absolute atomic E-state index is 11.7. The average Bonchev–Trinajstić information content (AvgIpc) is 2.36. The van der Waals surface area contributed by atoms with E-state index >= 15 is 0 Å². The van der Waals surface area contributed by atoms with Gasteiger partial charge in [0.1, 0.15) is 4.90 Å². The molecule has 0 aliphatic heterocycles. The molecular formula is C14H25N3O2S. The van der Waals surface area contributed by atoms with E-state index in [2.05, 4.69) is 30.8 Å². The van der Waals surface area contributed by atoms with Gasteiger partial charge in [0.2, 0.25) is 10.0 Å². The van der Waals surface area contributed by atoms with Crippen LogP contribution in [0.2, 0.25) is 0 Å². The average molecular weight is 299 g/mol. The first kappa shape index (κ1) is 16.8. The third-order valence-corrected chi connectivity index (χ3v) is 4.65. The Morgan fingerprint density at radius 3 is 2.35 bits per heavy atom. The number of hydrogen-bond donors (Lipinski definition) is 3. The first-order chi connectivity index (χ1) is 9.26. The zero-order valence-electron chi connectivity index (χ0n) is 12.6. The summed E-state index contributed by atoms with van der Waals surface area (Å²) < 4.78 is 25.7. The lowest BCUT2D eigenvalue weighted by atomic mass is 10.0. The minimum Gasteiger partial charge on any atom is -0.398 e. The lowest BCUT2D eigenvalue weighted by molar-refractivity contribution is 0.527. The van der Waals surface area contributed by atoms with Gasteiger partial charge in [0.15, 0.2) is 0 Å². The van der Waals surface area contributed by atoms with Gasteiger partial charge < -0.3 is 11.1 Å². The summed E-state index contributed by atoms with van der Waals surface area (Å²) in [5.74, 6) is 0.674. The third kappa shape index (κ3) is 4.68. The minimum absolute atomic E-state index is 0.111. The van der Waals surface area contributed by atoms with E-state index in [0.717, 1.165) is 18.5 Å². The first-order valence-electron chi connectivity index (χ1n) is 6.86. The van der Waals surface area contributed by atoms with Crippen LogP contribution in [-0.2, 0) is 10.0 Å². The van der Waals surface area contributed by atoms with Crippen molar-refractivity contribution in [3.05, 3.63) is 18.2 Å². The number of nitrogens with one attached hydrogen (secondary N) is 2. The molecule has 0 aliphatic rings. The van der Waals surface area contributed by atoms with Gasteiger partial charge in [0.05, 0.1) is 5.69 Å². The summed E-state index contributed by atoms with van der Waals surface area (Å²) in [5, 5.41) is 3.34. The van der Waals surface area contributed by atoms with E-state index in [1.165, 1.54) is 13.1 Å². The van der Waals surface area contributed by atoms with Crippen molar-refractivity contribution in [2.24, 2.45) is 5.92 Å². The Morgan fingerprint density at radius 1 is 1.20 bits per heavy atom. The van der Waals surface area contributed by atoms with E-state index in [9.17, 15) is 8.42 Å². The van der Waals surface area contributed by atoms with E-state index in [4.69, 9.17) is 5.73 Å². The highest BCUT2D eigenvalue weighted by atomic mass is 32.2. The summed E-state index contributed by atoms with van der Waals surface area (Å²) >= 11 is 0. The van der Waals surface area contributed by atoms with Gasteiger partial charge in [-0.2, -0.15) is 0 Å². The van der Waals surface area contributed by atoms with Crippen molar-refractivity contribution >= 4 is 21.4 Å². The van der Waals surface area contributed by atoms with Crippen molar-refractivity contribution in [2.45, 2.75) is 44.6 Å². The Balaban J connectivity index is 2.78. The number of nitrogens with two attached hydrogens (primary N) is 1. The van der Waals surface area contributed by atoms with Crippen LogP contribution >= 0.6 is 0 Å². The minimum atomic E-state index is -3.50. The van der Waals surface area contributed by atoms with Crippen LogP contribution in [-0.4, -0.2) is 21.5 Å². The summed E-state index contributed by atoms with van der Waals surface area (Å²) in [5.41, 5.74) is 6.91. The second kappa shape index (κ2) is 6.95. The van der Waals surface area contributed by atoms with Crippen molar-refractivity contribution in [1.29, 1.82) is 0 Å². The third-order valence-electron chi connectivity index (χ3n) is 3.16. The summed E-state index contributed by atoms with van der Waals surface area (Å²) in [6.45, 7) is 6.50. The smallest absolute Gasteiger partial charge is 0.242 e. The highest BCUT2D eigenvalue weighted by Crippen LogP contribution is 2.23. The molecule has 5 nitrogen and oxygen atoms in total. The van der Waals surface area contributed by atoms with E-state index in [1.807, 2.05) is 0 Å². The number of anilines is 2. The quantitative estimate of drug-likeness (QED) is 0.675. The van der Waals surface area contributed by atoms with E-state index < -0.39 is 10.0 Å². The Bertz CT molecular complexity index is 541. The fourth-order valence-corrected chi connectivity index (χ4v) is 2.77. The Hall–Kier alpha value is -1.27. The van der Waals surface area contributed by atoms with Gasteiger partial charge in [0, 0.05) is 11.7 Å². The molecule has 6 heteroatoms. The predicted octanol–water partition coefficient (Wildman–Crippen LogP) is 2.41. The highest BCUT2D eigenvalue weighted by molar-refractivity contribution is 7.89. The van der Waals surface area contributed by atoms with Gasteiger partial charge in [-0.15, -0.1) is 0 Å². The lowest BCUT2D eigenvalue weighted by Gasteiger charge is -2.17. The van der Waals surface area contributed by atoms with Crippen molar-refractivity contribution in [3.8, 4) is 0 Å². The SMILES string of the molecule is CNS(=O)(=O)c1ccc(NC(C)CCC(C)C)cc1N. The summed E-state index contributed by atoms with van der Waals surface area (Å²) in [7, 11) is -2.13. The van der Waals surface area contributed by atoms with Crippen LogP contribution in [0, 0.1) is 5.92 Å². The maximum Gasteiger partial charge on any atom is 0.242 e. The molecule has 0 heterocycles. The highest BCUT2D eigenvalue weighted by Gasteiger charge is 2.15. The summed E-state index contributed by atoms with van der Waals surface area (Å²) in [4.78, 5) is 0.111. The van der Waals surface area contributed by atoms with Gasteiger partial charge in [-0.25, -0.2) is 13.1 Å². The number of benzene rings is 1.